The largest absolute Gasteiger partial charge is 0.336 e. The molecule has 26 heavy (non-hydrogen) atoms. The second-order valence-corrected chi connectivity index (χ2v) is 6.62. The lowest BCUT2D eigenvalue weighted by Gasteiger charge is -2.18. The van der Waals surface area contributed by atoms with Gasteiger partial charge in [0.25, 0.3) is 5.91 Å². The summed E-state index contributed by atoms with van der Waals surface area (Å²) >= 11 is 6.23. The van der Waals surface area contributed by atoms with E-state index >= 15 is 0 Å². The van der Waals surface area contributed by atoms with Crippen LogP contribution in [0.4, 0.5) is 0 Å². The number of halogens is 1. The van der Waals surface area contributed by atoms with Crippen molar-refractivity contribution >= 4 is 17.5 Å². The number of nitrogens with zero attached hydrogens (tertiary/aromatic N) is 5. The number of hydrogen-bond acceptors (Lipinski definition) is 3. The van der Waals surface area contributed by atoms with Crippen molar-refractivity contribution in [2.45, 2.75) is 33.9 Å². The Kier molecular flexibility index (Phi) is 5.13. The summed E-state index contributed by atoms with van der Waals surface area (Å²) in [5.74, 6) is -0.0814. The van der Waals surface area contributed by atoms with Crippen molar-refractivity contribution in [3.63, 3.8) is 0 Å². The number of rotatable bonds is 5. The number of carbonyl (C=O) groups excluding carboxylic acids is 1. The second kappa shape index (κ2) is 7.33. The molecule has 0 saturated heterocycles. The van der Waals surface area contributed by atoms with E-state index in [1.165, 1.54) is 0 Å². The van der Waals surface area contributed by atoms with Gasteiger partial charge >= 0.3 is 0 Å². The number of aryl methyl sites for hydroxylation is 2. The number of aromatic nitrogens is 4. The molecule has 0 aliphatic carbocycles. The van der Waals surface area contributed by atoms with Gasteiger partial charge in [-0.15, -0.1) is 0 Å². The highest BCUT2D eigenvalue weighted by atomic mass is 35.5. The predicted molar refractivity (Wildman–Crippen MR) is 102 cm³/mol. The molecule has 2 aromatic heterocycles. The smallest absolute Gasteiger partial charge is 0.257 e. The third-order valence-corrected chi connectivity index (χ3v) is 4.75. The minimum atomic E-state index is -0.0814. The van der Waals surface area contributed by atoms with Gasteiger partial charge in [-0.25, -0.2) is 4.68 Å². The molecular weight excluding hydrogens is 350 g/mol. The van der Waals surface area contributed by atoms with E-state index < -0.39 is 0 Å². The lowest BCUT2D eigenvalue weighted by molar-refractivity contribution is 0.0780. The van der Waals surface area contributed by atoms with Gasteiger partial charge in [0.15, 0.2) is 0 Å². The van der Waals surface area contributed by atoms with Crippen molar-refractivity contribution in [2.24, 2.45) is 0 Å². The zero-order valence-electron chi connectivity index (χ0n) is 15.4. The van der Waals surface area contributed by atoms with Gasteiger partial charge in [0.1, 0.15) is 0 Å². The monoisotopic (exact) mass is 371 g/mol. The summed E-state index contributed by atoms with van der Waals surface area (Å²) in [7, 11) is 1.77. The first-order valence-electron chi connectivity index (χ1n) is 8.51. The van der Waals surface area contributed by atoms with Gasteiger partial charge in [-0.05, 0) is 32.9 Å². The third kappa shape index (κ3) is 3.24. The van der Waals surface area contributed by atoms with Crippen molar-refractivity contribution in [1.29, 1.82) is 0 Å². The first-order chi connectivity index (χ1) is 12.4. The number of hydrogen-bond donors (Lipinski definition) is 0. The summed E-state index contributed by atoms with van der Waals surface area (Å²) in [5.41, 5.74) is 3.91. The number of amides is 1. The highest BCUT2D eigenvalue weighted by Gasteiger charge is 2.23. The summed E-state index contributed by atoms with van der Waals surface area (Å²) in [6, 6.07) is 9.80. The second-order valence-electron chi connectivity index (χ2n) is 6.21. The normalized spacial score (nSPS) is 11.0. The predicted octanol–water partition coefficient (Wildman–Crippen LogP) is 3.63. The van der Waals surface area contributed by atoms with Gasteiger partial charge in [-0.1, -0.05) is 29.8 Å². The molecule has 0 bridgehead atoms. The van der Waals surface area contributed by atoms with Crippen molar-refractivity contribution < 1.29 is 4.79 Å². The molecule has 136 valence electrons. The SMILES string of the molecule is CCn1ncc(Cl)c1CN(C)C(=O)c1c(C)nn(-c2ccccc2)c1C. The van der Waals surface area contributed by atoms with Crippen molar-refractivity contribution in [3.05, 3.63) is 64.2 Å². The standard InChI is InChI=1S/C19H22ClN5O/c1-5-24-17(16(20)11-21-24)12-23(4)19(26)18-13(2)22-25(14(18)3)15-9-7-6-8-10-15/h6-11H,5,12H2,1-4H3. The van der Waals surface area contributed by atoms with Gasteiger partial charge in [-0.3, -0.25) is 9.48 Å². The molecule has 6 nitrogen and oxygen atoms in total. The summed E-state index contributed by atoms with van der Waals surface area (Å²) in [5, 5.41) is 9.36. The number of benzene rings is 1. The first-order valence-corrected chi connectivity index (χ1v) is 8.89. The Labute approximate surface area is 158 Å². The van der Waals surface area contributed by atoms with E-state index in [1.807, 2.05) is 51.1 Å². The van der Waals surface area contributed by atoms with Crippen LogP contribution in [-0.4, -0.2) is 37.4 Å². The molecular formula is C19H22ClN5O. The first kappa shape index (κ1) is 18.2. The highest BCUT2D eigenvalue weighted by molar-refractivity contribution is 6.31. The van der Waals surface area contributed by atoms with E-state index in [9.17, 15) is 4.79 Å². The van der Waals surface area contributed by atoms with Crippen LogP contribution in [-0.2, 0) is 13.1 Å². The lowest BCUT2D eigenvalue weighted by atomic mass is 10.1. The Bertz CT molecular complexity index is 929. The van der Waals surface area contributed by atoms with Crippen LogP contribution >= 0.6 is 11.6 Å². The molecule has 0 radical (unpaired) electrons. The van der Waals surface area contributed by atoms with E-state index in [-0.39, 0.29) is 5.91 Å². The fraction of sp³-hybridized carbons (Fsp3) is 0.316. The van der Waals surface area contributed by atoms with Gasteiger partial charge in [0.2, 0.25) is 0 Å². The van der Waals surface area contributed by atoms with Crippen molar-refractivity contribution in [3.8, 4) is 5.69 Å². The number of carbonyl (C=O) groups is 1. The molecule has 0 aliphatic rings. The molecule has 0 fully saturated rings. The van der Waals surface area contributed by atoms with Crippen LogP contribution < -0.4 is 0 Å². The fourth-order valence-electron chi connectivity index (χ4n) is 3.08. The van der Waals surface area contributed by atoms with Gasteiger partial charge in [0.05, 0.1) is 46.1 Å². The molecule has 2 heterocycles. The summed E-state index contributed by atoms with van der Waals surface area (Å²) in [6.07, 6.45) is 1.61. The quantitative estimate of drug-likeness (QED) is 0.688. The molecule has 3 rings (SSSR count). The Morgan fingerprint density at radius 1 is 1.23 bits per heavy atom. The zero-order chi connectivity index (χ0) is 18.8. The molecule has 3 aromatic rings. The summed E-state index contributed by atoms with van der Waals surface area (Å²) in [4.78, 5) is 14.7. The molecule has 0 atom stereocenters. The van der Waals surface area contributed by atoms with Gasteiger partial charge < -0.3 is 4.90 Å². The van der Waals surface area contributed by atoms with E-state index in [1.54, 1.807) is 27.5 Å². The van der Waals surface area contributed by atoms with Crippen LogP contribution in [0.25, 0.3) is 5.69 Å². The molecule has 1 amide bonds. The third-order valence-electron chi connectivity index (χ3n) is 4.44. The molecule has 0 unspecified atom stereocenters. The van der Waals surface area contributed by atoms with Gasteiger partial charge in [0, 0.05) is 13.6 Å². The molecule has 7 heteroatoms. The van der Waals surface area contributed by atoms with Crippen molar-refractivity contribution in [2.75, 3.05) is 7.05 Å². The van der Waals surface area contributed by atoms with Gasteiger partial charge in [-0.2, -0.15) is 10.2 Å². The maximum Gasteiger partial charge on any atom is 0.257 e. The lowest BCUT2D eigenvalue weighted by Crippen LogP contribution is -2.28. The molecule has 0 saturated carbocycles. The average molecular weight is 372 g/mol. The van der Waals surface area contributed by atoms with Crippen LogP contribution in [0, 0.1) is 13.8 Å². The zero-order valence-corrected chi connectivity index (χ0v) is 16.2. The Hall–Kier alpha value is -2.60. The van der Waals surface area contributed by atoms with Crippen LogP contribution in [0.5, 0.6) is 0 Å². The average Bonchev–Trinajstić information content (AvgIpc) is 3.14. The van der Waals surface area contributed by atoms with Crippen LogP contribution in [0.3, 0.4) is 0 Å². The summed E-state index contributed by atoms with van der Waals surface area (Å²) in [6.45, 7) is 6.86. The van der Waals surface area contributed by atoms with Crippen LogP contribution in [0.15, 0.2) is 36.5 Å². The minimum Gasteiger partial charge on any atom is -0.336 e. The maximum absolute atomic E-state index is 13.1. The summed E-state index contributed by atoms with van der Waals surface area (Å²) < 4.78 is 3.61. The molecule has 1 aromatic carbocycles. The fourth-order valence-corrected chi connectivity index (χ4v) is 3.28. The molecule has 0 spiro atoms. The van der Waals surface area contributed by atoms with E-state index in [0.29, 0.717) is 29.4 Å². The van der Waals surface area contributed by atoms with E-state index in [4.69, 9.17) is 11.6 Å². The molecule has 0 N–H and O–H groups in total. The molecule has 0 aliphatic heterocycles. The van der Waals surface area contributed by atoms with Crippen molar-refractivity contribution in [1.82, 2.24) is 24.5 Å². The topological polar surface area (TPSA) is 56.0 Å². The number of para-hydroxylation sites is 1. The van der Waals surface area contributed by atoms with Crippen LogP contribution in [0.2, 0.25) is 5.02 Å². The highest BCUT2D eigenvalue weighted by Crippen LogP contribution is 2.22. The Balaban J connectivity index is 1.90. The van der Waals surface area contributed by atoms with E-state index in [2.05, 4.69) is 10.2 Å². The Morgan fingerprint density at radius 3 is 2.58 bits per heavy atom. The minimum absolute atomic E-state index is 0.0814. The maximum atomic E-state index is 13.1. The van der Waals surface area contributed by atoms with E-state index in [0.717, 1.165) is 17.1 Å². The Morgan fingerprint density at radius 2 is 1.92 bits per heavy atom. The van der Waals surface area contributed by atoms with Crippen LogP contribution in [0.1, 0.15) is 34.4 Å².